The van der Waals surface area contributed by atoms with E-state index < -0.39 is 0 Å². The lowest BCUT2D eigenvalue weighted by atomic mass is 9.65. The molecule has 4 nitrogen and oxygen atoms in total. The van der Waals surface area contributed by atoms with Gasteiger partial charge in [-0.05, 0) is 47.6 Å². The maximum absolute atomic E-state index is 12.6. The van der Waals surface area contributed by atoms with Gasteiger partial charge in [-0.2, -0.15) is 0 Å². The maximum Gasteiger partial charge on any atom is 0.269 e. The van der Waals surface area contributed by atoms with Gasteiger partial charge in [0.2, 0.25) is 0 Å². The fraction of sp³-hybridized carbons (Fsp3) is 0.667. The molecule has 152 valence electrons. The van der Waals surface area contributed by atoms with Crippen molar-refractivity contribution >= 4 is 11.6 Å². The largest absolute Gasteiger partial charge is 0.388 e. The smallest absolute Gasteiger partial charge is 0.269 e. The van der Waals surface area contributed by atoms with Crippen LogP contribution in [0.3, 0.4) is 0 Å². The summed E-state index contributed by atoms with van der Waals surface area (Å²) in [5.41, 5.74) is 2.92. The normalized spacial score (nSPS) is 29.8. The van der Waals surface area contributed by atoms with Crippen LogP contribution in [-0.2, 0) is 21.6 Å². The number of nitrogens with zero attached hydrogens (tertiary/aromatic N) is 1. The van der Waals surface area contributed by atoms with E-state index in [-0.39, 0.29) is 16.9 Å². The van der Waals surface area contributed by atoms with Gasteiger partial charge < -0.3 is 10.2 Å². The molecule has 1 amide bonds. The van der Waals surface area contributed by atoms with Crippen molar-refractivity contribution in [3.8, 4) is 0 Å². The summed E-state index contributed by atoms with van der Waals surface area (Å²) in [4.78, 5) is 18.5. The number of hydrogen-bond acceptors (Lipinski definition) is 3. The number of nitrogens with one attached hydrogen (secondary N) is 1. The van der Waals surface area contributed by atoms with E-state index in [0.29, 0.717) is 18.7 Å². The van der Waals surface area contributed by atoms with Crippen LogP contribution in [0.1, 0.15) is 83.3 Å². The van der Waals surface area contributed by atoms with Crippen molar-refractivity contribution in [1.29, 1.82) is 0 Å². The third-order valence-electron chi connectivity index (χ3n) is 7.05. The van der Waals surface area contributed by atoms with E-state index >= 15 is 0 Å². The fourth-order valence-electron chi connectivity index (χ4n) is 5.26. The van der Waals surface area contributed by atoms with E-state index in [1.54, 1.807) is 0 Å². The highest BCUT2D eigenvalue weighted by atomic mass is 16.7. The van der Waals surface area contributed by atoms with Crippen molar-refractivity contribution in [2.45, 2.75) is 89.7 Å². The monoisotopic (exact) mass is 382 g/mol. The Morgan fingerprint density at radius 3 is 2.57 bits per heavy atom. The quantitative estimate of drug-likeness (QED) is 0.790. The summed E-state index contributed by atoms with van der Waals surface area (Å²) in [7, 11) is 0. The molecule has 2 fully saturated rings. The van der Waals surface area contributed by atoms with Gasteiger partial charge in [-0.3, -0.25) is 4.79 Å². The summed E-state index contributed by atoms with van der Waals surface area (Å²) in [6.07, 6.45) is 9.45. The molecule has 2 aliphatic carbocycles. The number of benzene rings is 1. The number of carbonyl (C=O) groups excluding carboxylic acids is 1. The average Bonchev–Trinajstić information content (AvgIpc) is 3.09. The topological polar surface area (TPSA) is 50.7 Å². The van der Waals surface area contributed by atoms with Crippen molar-refractivity contribution in [2.24, 2.45) is 17.0 Å². The number of oxime groups is 1. The van der Waals surface area contributed by atoms with Crippen molar-refractivity contribution in [1.82, 2.24) is 5.32 Å². The van der Waals surface area contributed by atoms with Crippen LogP contribution in [0.15, 0.2) is 29.4 Å². The summed E-state index contributed by atoms with van der Waals surface area (Å²) >= 11 is 0. The van der Waals surface area contributed by atoms with Crippen LogP contribution in [0.5, 0.6) is 0 Å². The first-order valence-corrected chi connectivity index (χ1v) is 11.0. The van der Waals surface area contributed by atoms with Crippen LogP contribution >= 0.6 is 0 Å². The average molecular weight is 383 g/mol. The number of carbonyl (C=O) groups is 1. The molecular formula is C24H34N2O2. The first-order valence-electron chi connectivity index (χ1n) is 11.0. The van der Waals surface area contributed by atoms with Crippen LogP contribution in [0.2, 0.25) is 0 Å². The standard InChI is InChI=1S/C24H34N2O2/c1-23(2,3)20-10-8-17(9-11-20)16-25-22(27)21-15-24(28-26-21)13-12-18-6-4-5-7-19(18)14-24/h8-11,18-19H,4-7,12-16H2,1-3H3,(H,25,27). The molecule has 0 aromatic heterocycles. The molecule has 1 N–H and O–H groups in total. The Morgan fingerprint density at radius 1 is 1.14 bits per heavy atom. The van der Waals surface area contributed by atoms with Gasteiger partial charge in [-0.25, -0.2) is 0 Å². The minimum absolute atomic E-state index is 0.0810. The second-order valence-electron chi connectivity index (χ2n) is 10.2. The molecule has 4 heteroatoms. The van der Waals surface area contributed by atoms with Gasteiger partial charge in [-0.15, -0.1) is 0 Å². The third kappa shape index (κ3) is 4.11. The summed E-state index contributed by atoms with van der Waals surface area (Å²) in [6, 6.07) is 8.49. The molecule has 3 unspecified atom stereocenters. The van der Waals surface area contributed by atoms with Crippen LogP contribution in [0.25, 0.3) is 0 Å². The molecular weight excluding hydrogens is 348 g/mol. The second-order valence-corrected chi connectivity index (χ2v) is 10.2. The molecule has 1 aromatic carbocycles. The molecule has 2 saturated carbocycles. The molecule has 0 radical (unpaired) electrons. The Morgan fingerprint density at radius 2 is 1.86 bits per heavy atom. The molecule has 28 heavy (non-hydrogen) atoms. The second kappa shape index (κ2) is 7.53. The summed E-state index contributed by atoms with van der Waals surface area (Å²) in [6.45, 7) is 7.15. The SMILES string of the molecule is CC(C)(C)c1ccc(CNC(=O)C2=NOC3(CCC4CCCCC4C3)C2)cc1. The van der Waals surface area contributed by atoms with Crippen molar-refractivity contribution in [3.05, 3.63) is 35.4 Å². The summed E-state index contributed by atoms with van der Waals surface area (Å²) < 4.78 is 0. The van der Waals surface area contributed by atoms with Gasteiger partial charge in [0, 0.05) is 13.0 Å². The highest BCUT2D eigenvalue weighted by Gasteiger charge is 2.47. The molecule has 1 heterocycles. The third-order valence-corrected chi connectivity index (χ3v) is 7.05. The molecule has 1 aromatic rings. The van der Waals surface area contributed by atoms with E-state index in [2.05, 4.69) is 55.5 Å². The van der Waals surface area contributed by atoms with Crippen molar-refractivity contribution in [3.63, 3.8) is 0 Å². The molecule has 0 bridgehead atoms. The van der Waals surface area contributed by atoms with Gasteiger partial charge in [0.25, 0.3) is 5.91 Å². The number of rotatable bonds is 3. The molecule has 1 aliphatic heterocycles. The predicted octanol–water partition coefficient (Wildman–Crippen LogP) is 5.11. The number of hydrogen-bond donors (Lipinski definition) is 1. The van der Waals surface area contributed by atoms with Gasteiger partial charge in [0.15, 0.2) is 0 Å². The molecule has 1 spiro atoms. The Bertz CT molecular complexity index is 747. The Balaban J connectivity index is 1.30. The predicted molar refractivity (Wildman–Crippen MR) is 112 cm³/mol. The highest BCUT2D eigenvalue weighted by Crippen LogP contribution is 2.48. The van der Waals surface area contributed by atoms with Gasteiger partial charge in [0.05, 0.1) is 0 Å². The summed E-state index contributed by atoms with van der Waals surface area (Å²) in [5, 5.41) is 7.24. The number of amides is 1. The minimum atomic E-state index is -0.209. The molecule has 3 atom stereocenters. The Kier molecular flexibility index (Phi) is 5.24. The van der Waals surface area contributed by atoms with Crippen LogP contribution in [-0.4, -0.2) is 17.2 Å². The first-order chi connectivity index (χ1) is 13.3. The molecule has 0 saturated heterocycles. The zero-order chi connectivity index (χ0) is 19.8. The van der Waals surface area contributed by atoms with Crippen molar-refractivity contribution < 1.29 is 9.63 Å². The van der Waals surface area contributed by atoms with Crippen LogP contribution < -0.4 is 5.32 Å². The highest BCUT2D eigenvalue weighted by molar-refractivity contribution is 6.39. The maximum atomic E-state index is 12.6. The van der Waals surface area contributed by atoms with Gasteiger partial charge in [0.1, 0.15) is 11.3 Å². The zero-order valence-electron chi connectivity index (χ0n) is 17.6. The molecule has 3 aliphatic rings. The first kappa shape index (κ1) is 19.5. The minimum Gasteiger partial charge on any atom is -0.388 e. The van der Waals surface area contributed by atoms with Gasteiger partial charge in [-0.1, -0.05) is 75.9 Å². The molecule has 4 rings (SSSR count). The Hall–Kier alpha value is -1.84. The lowest BCUT2D eigenvalue weighted by molar-refractivity contribution is -0.115. The van der Waals surface area contributed by atoms with Gasteiger partial charge >= 0.3 is 0 Å². The van der Waals surface area contributed by atoms with E-state index in [9.17, 15) is 4.79 Å². The van der Waals surface area contributed by atoms with E-state index in [4.69, 9.17) is 4.84 Å². The number of fused-ring (bicyclic) bond motifs is 1. The Labute approximate surface area is 169 Å². The summed E-state index contributed by atoms with van der Waals surface area (Å²) in [5.74, 6) is 1.56. The lowest BCUT2D eigenvalue weighted by Crippen LogP contribution is -2.42. The van der Waals surface area contributed by atoms with E-state index in [1.807, 2.05) is 0 Å². The van der Waals surface area contributed by atoms with Crippen molar-refractivity contribution in [2.75, 3.05) is 0 Å². The van der Waals surface area contributed by atoms with E-state index in [1.165, 1.54) is 37.7 Å². The van der Waals surface area contributed by atoms with E-state index in [0.717, 1.165) is 30.2 Å². The fourth-order valence-corrected chi connectivity index (χ4v) is 5.26. The zero-order valence-corrected chi connectivity index (χ0v) is 17.6. The van der Waals surface area contributed by atoms with Crippen LogP contribution in [0.4, 0.5) is 0 Å². The van der Waals surface area contributed by atoms with Crippen LogP contribution in [0, 0.1) is 11.8 Å². The lowest BCUT2D eigenvalue weighted by Gasteiger charge is -2.43.